The maximum Gasteiger partial charge on any atom is 0.251 e. The molecule has 0 saturated carbocycles. The van der Waals surface area contributed by atoms with Crippen LogP contribution in [0.4, 0.5) is 0 Å². The highest BCUT2D eigenvalue weighted by atomic mass is 32.2. The molecule has 0 aliphatic rings. The molecule has 1 aromatic rings. The summed E-state index contributed by atoms with van der Waals surface area (Å²) < 4.78 is 36.5. The molecule has 0 saturated heterocycles. The number of benzene rings is 1. The summed E-state index contributed by atoms with van der Waals surface area (Å²) in [6.07, 6.45) is 0.724. The number of hydrogen-bond acceptors (Lipinski definition) is 6. The summed E-state index contributed by atoms with van der Waals surface area (Å²) in [6, 6.07) is 4.77. The second-order valence-corrected chi connectivity index (χ2v) is 7.65. The van der Waals surface area contributed by atoms with Crippen molar-refractivity contribution < 1.29 is 22.7 Å². The average molecular weight is 373 g/mol. The fraction of sp³-hybridized carbons (Fsp3) is 0.562. The molecule has 8 nitrogen and oxygen atoms in total. The molecule has 25 heavy (non-hydrogen) atoms. The van der Waals surface area contributed by atoms with Crippen LogP contribution in [0.3, 0.4) is 0 Å². The maximum absolute atomic E-state index is 12.2. The van der Waals surface area contributed by atoms with Gasteiger partial charge < -0.3 is 19.7 Å². The lowest BCUT2D eigenvalue weighted by atomic mass is 10.2. The van der Waals surface area contributed by atoms with E-state index in [0.29, 0.717) is 23.6 Å². The summed E-state index contributed by atoms with van der Waals surface area (Å²) in [5.41, 5.74) is 0.340. The van der Waals surface area contributed by atoms with Gasteiger partial charge in [0.2, 0.25) is 10.0 Å². The summed E-state index contributed by atoms with van der Waals surface area (Å²) in [5.74, 6) is 0.404. The molecule has 0 aliphatic heterocycles. The van der Waals surface area contributed by atoms with E-state index in [0.717, 1.165) is 13.0 Å². The Morgan fingerprint density at radius 2 is 1.68 bits per heavy atom. The van der Waals surface area contributed by atoms with Gasteiger partial charge in [-0.3, -0.25) is 4.79 Å². The van der Waals surface area contributed by atoms with Crippen LogP contribution in [0.5, 0.6) is 11.5 Å². The van der Waals surface area contributed by atoms with Crippen LogP contribution in [0.1, 0.15) is 16.8 Å². The average Bonchev–Trinajstić information content (AvgIpc) is 2.57. The molecule has 0 heterocycles. The third-order valence-electron chi connectivity index (χ3n) is 3.37. The second-order valence-electron chi connectivity index (χ2n) is 5.73. The molecule has 2 N–H and O–H groups in total. The monoisotopic (exact) mass is 373 g/mol. The van der Waals surface area contributed by atoms with E-state index in [1.807, 2.05) is 19.0 Å². The van der Waals surface area contributed by atoms with Crippen molar-refractivity contribution in [3.8, 4) is 11.5 Å². The van der Waals surface area contributed by atoms with E-state index in [1.165, 1.54) is 14.2 Å². The first-order valence-corrected chi connectivity index (χ1v) is 9.56. The molecule has 1 rings (SSSR count). The summed E-state index contributed by atoms with van der Waals surface area (Å²) in [4.78, 5) is 14.1. The largest absolute Gasteiger partial charge is 0.497 e. The number of rotatable bonds is 11. The van der Waals surface area contributed by atoms with Gasteiger partial charge in [-0.1, -0.05) is 0 Å². The van der Waals surface area contributed by atoms with E-state index in [4.69, 9.17) is 9.47 Å². The molecule has 0 radical (unpaired) electrons. The van der Waals surface area contributed by atoms with Crippen molar-refractivity contribution in [2.75, 3.05) is 53.7 Å². The van der Waals surface area contributed by atoms with E-state index in [1.54, 1.807) is 18.2 Å². The van der Waals surface area contributed by atoms with Gasteiger partial charge in [0.25, 0.3) is 5.91 Å². The predicted octanol–water partition coefficient (Wildman–Crippen LogP) is 0.305. The Morgan fingerprint density at radius 1 is 1.08 bits per heavy atom. The molecule has 1 aromatic carbocycles. The van der Waals surface area contributed by atoms with Crippen LogP contribution in [-0.4, -0.2) is 72.9 Å². The van der Waals surface area contributed by atoms with Gasteiger partial charge in [0, 0.05) is 24.7 Å². The second kappa shape index (κ2) is 10.2. The highest BCUT2D eigenvalue weighted by Gasteiger charge is 2.13. The van der Waals surface area contributed by atoms with Gasteiger partial charge in [-0.2, -0.15) is 0 Å². The lowest BCUT2D eigenvalue weighted by molar-refractivity contribution is 0.0955. The van der Waals surface area contributed by atoms with Gasteiger partial charge >= 0.3 is 0 Å². The molecule has 0 aliphatic carbocycles. The highest BCUT2D eigenvalue weighted by molar-refractivity contribution is 7.89. The molecular formula is C16H27N3O5S. The van der Waals surface area contributed by atoms with Gasteiger partial charge in [0.05, 0.1) is 20.0 Å². The molecule has 0 unspecified atom stereocenters. The standard InChI is InChI=1S/C16H27N3O5S/c1-19(2)8-5-6-18-25(21,22)9-7-17-16(20)13-10-14(23-3)12-15(11-13)24-4/h10-12,18H,5-9H2,1-4H3,(H,17,20). The summed E-state index contributed by atoms with van der Waals surface area (Å²) in [7, 11) is 3.42. The van der Waals surface area contributed by atoms with Crippen molar-refractivity contribution in [2.24, 2.45) is 0 Å². The third kappa shape index (κ3) is 8.19. The lowest BCUT2D eigenvalue weighted by Crippen LogP contribution is -2.35. The van der Waals surface area contributed by atoms with Crippen molar-refractivity contribution in [3.05, 3.63) is 23.8 Å². The molecule has 1 amide bonds. The number of amides is 1. The Kier molecular flexibility index (Phi) is 8.67. The van der Waals surface area contributed by atoms with E-state index in [-0.39, 0.29) is 18.2 Å². The first-order chi connectivity index (χ1) is 11.8. The predicted molar refractivity (Wildman–Crippen MR) is 96.8 cm³/mol. The molecule has 0 atom stereocenters. The van der Waals surface area contributed by atoms with Crippen LogP contribution in [0.2, 0.25) is 0 Å². The number of ether oxygens (including phenoxy) is 2. The summed E-state index contributed by atoms with van der Waals surface area (Å²) in [5, 5.41) is 2.59. The third-order valence-corrected chi connectivity index (χ3v) is 4.76. The van der Waals surface area contributed by atoms with E-state index in [9.17, 15) is 13.2 Å². The number of carbonyl (C=O) groups is 1. The zero-order valence-electron chi connectivity index (χ0n) is 15.2. The zero-order chi connectivity index (χ0) is 18.9. The van der Waals surface area contributed by atoms with E-state index in [2.05, 4.69) is 10.0 Å². The highest BCUT2D eigenvalue weighted by Crippen LogP contribution is 2.22. The number of hydrogen-bond donors (Lipinski definition) is 2. The Morgan fingerprint density at radius 3 is 2.20 bits per heavy atom. The van der Waals surface area contributed by atoms with Gasteiger partial charge in [0.15, 0.2) is 0 Å². The Bertz CT molecular complexity index is 639. The lowest BCUT2D eigenvalue weighted by Gasteiger charge is -2.11. The number of methoxy groups -OCH3 is 2. The van der Waals surface area contributed by atoms with E-state index >= 15 is 0 Å². The fourth-order valence-corrected chi connectivity index (χ4v) is 3.01. The van der Waals surface area contributed by atoms with E-state index < -0.39 is 10.0 Å². The minimum atomic E-state index is -3.42. The van der Waals surface area contributed by atoms with Gasteiger partial charge in [0.1, 0.15) is 11.5 Å². The molecule has 142 valence electrons. The first kappa shape index (κ1) is 21.2. The van der Waals surface area contributed by atoms with Crippen LogP contribution in [0, 0.1) is 0 Å². The van der Waals surface area contributed by atoms with Gasteiger partial charge in [-0.15, -0.1) is 0 Å². The van der Waals surface area contributed by atoms with Gasteiger partial charge in [-0.05, 0) is 39.2 Å². The molecular weight excluding hydrogens is 346 g/mol. The zero-order valence-corrected chi connectivity index (χ0v) is 16.0. The van der Waals surface area contributed by atoms with Crippen molar-refractivity contribution >= 4 is 15.9 Å². The van der Waals surface area contributed by atoms with Crippen LogP contribution in [0.15, 0.2) is 18.2 Å². The minimum Gasteiger partial charge on any atom is -0.497 e. The van der Waals surface area contributed by atoms with Crippen molar-refractivity contribution in [3.63, 3.8) is 0 Å². The number of sulfonamides is 1. The molecule has 0 spiro atoms. The first-order valence-electron chi connectivity index (χ1n) is 7.90. The Hall–Kier alpha value is -1.84. The van der Waals surface area contributed by atoms with Crippen LogP contribution < -0.4 is 19.5 Å². The smallest absolute Gasteiger partial charge is 0.251 e. The quantitative estimate of drug-likeness (QED) is 0.542. The van der Waals surface area contributed by atoms with Crippen LogP contribution in [0.25, 0.3) is 0 Å². The SMILES string of the molecule is COc1cc(OC)cc(C(=O)NCCS(=O)(=O)NCCCN(C)C)c1. The number of nitrogens with zero attached hydrogens (tertiary/aromatic N) is 1. The van der Waals surface area contributed by atoms with Crippen molar-refractivity contribution in [1.29, 1.82) is 0 Å². The molecule has 0 aromatic heterocycles. The minimum absolute atomic E-state index is 0.0153. The number of nitrogens with one attached hydrogen (secondary N) is 2. The topological polar surface area (TPSA) is 97.0 Å². The van der Waals surface area contributed by atoms with Crippen LogP contribution in [-0.2, 0) is 10.0 Å². The van der Waals surface area contributed by atoms with Crippen molar-refractivity contribution in [2.45, 2.75) is 6.42 Å². The number of carbonyl (C=O) groups excluding carboxylic acids is 1. The molecule has 0 bridgehead atoms. The van der Waals surface area contributed by atoms with Crippen LogP contribution >= 0.6 is 0 Å². The Balaban J connectivity index is 2.48. The summed E-state index contributed by atoms with van der Waals surface area (Å²) >= 11 is 0. The molecule has 9 heteroatoms. The van der Waals surface area contributed by atoms with Gasteiger partial charge in [-0.25, -0.2) is 13.1 Å². The maximum atomic E-state index is 12.2. The summed E-state index contributed by atoms with van der Waals surface area (Å²) in [6.45, 7) is 1.19. The molecule has 0 fully saturated rings. The van der Waals surface area contributed by atoms with Crippen molar-refractivity contribution in [1.82, 2.24) is 14.9 Å². The fourth-order valence-electron chi connectivity index (χ4n) is 2.03. The Labute approximate surface area is 149 Å². The normalized spacial score (nSPS) is 11.4.